The highest BCUT2D eigenvalue weighted by atomic mass is 16.4. The number of pyridine rings is 1. The van der Waals surface area contributed by atoms with E-state index in [1.807, 2.05) is 50.2 Å². The second-order valence-electron chi connectivity index (χ2n) is 6.49. The van der Waals surface area contributed by atoms with Crippen LogP contribution < -0.4 is 5.69 Å². The molecular formula is C19H19N5O2. The Morgan fingerprint density at radius 1 is 1.00 bits per heavy atom. The van der Waals surface area contributed by atoms with Gasteiger partial charge in [0.1, 0.15) is 6.54 Å². The molecular weight excluding hydrogens is 330 g/mol. The molecule has 1 aromatic carbocycles. The lowest BCUT2D eigenvalue weighted by atomic mass is 10.2. The Kier molecular flexibility index (Phi) is 4.12. The van der Waals surface area contributed by atoms with Crippen LogP contribution in [0.2, 0.25) is 0 Å². The van der Waals surface area contributed by atoms with Crippen LogP contribution in [0.15, 0.2) is 58.0 Å². The molecule has 0 amide bonds. The van der Waals surface area contributed by atoms with Crippen LogP contribution in [-0.4, -0.2) is 24.3 Å². The molecule has 7 nitrogen and oxygen atoms in total. The fourth-order valence-corrected chi connectivity index (χ4v) is 2.94. The summed E-state index contributed by atoms with van der Waals surface area (Å²) in [7, 11) is 0. The van der Waals surface area contributed by atoms with Gasteiger partial charge < -0.3 is 4.42 Å². The molecule has 0 fully saturated rings. The van der Waals surface area contributed by atoms with Gasteiger partial charge >= 0.3 is 5.69 Å². The van der Waals surface area contributed by atoms with Gasteiger partial charge in [0.2, 0.25) is 11.8 Å². The summed E-state index contributed by atoms with van der Waals surface area (Å²) in [6.07, 6.45) is 3.38. The van der Waals surface area contributed by atoms with Gasteiger partial charge in [0.25, 0.3) is 0 Å². The van der Waals surface area contributed by atoms with Crippen LogP contribution in [0.5, 0.6) is 0 Å². The van der Waals surface area contributed by atoms with E-state index < -0.39 is 0 Å². The maximum Gasteiger partial charge on any atom is 0.329 e. The van der Waals surface area contributed by atoms with Crippen LogP contribution in [0.1, 0.15) is 37.1 Å². The van der Waals surface area contributed by atoms with Gasteiger partial charge in [-0.05, 0) is 11.6 Å². The minimum atomic E-state index is -0.124. The van der Waals surface area contributed by atoms with E-state index in [0.717, 1.165) is 16.6 Å². The Morgan fingerprint density at radius 2 is 1.77 bits per heavy atom. The van der Waals surface area contributed by atoms with Crippen molar-refractivity contribution < 1.29 is 4.42 Å². The minimum Gasteiger partial charge on any atom is -0.423 e. The number of hydrogen-bond donors (Lipinski definition) is 0. The molecule has 0 saturated heterocycles. The first kappa shape index (κ1) is 16.3. The number of nitrogens with zero attached hydrogens (tertiary/aromatic N) is 5. The first-order valence-electron chi connectivity index (χ1n) is 8.52. The smallest absolute Gasteiger partial charge is 0.329 e. The van der Waals surface area contributed by atoms with E-state index in [4.69, 9.17) is 4.42 Å². The monoisotopic (exact) mass is 349 g/mol. The fraction of sp³-hybridized carbons (Fsp3) is 0.263. The molecule has 26 heavy (non-hydrogen) atoms. The molecule has 0 saturated carbocycles. The summed E-state index contributed by atoms with van der Waals surface area (Å²) < 4.78 is 9.04. The maximum atomic E-state index is 13.0. The molecule has 0 aliphatic carbocycles. The van der Waals surface area contributed by atoms with E-state index in [1.165, 1.54) is 0 Å². The molecule has 0 unspecified atom stereocenters. The number of imidazole rings is 1. The van der Waals surface area contributed by atoms with Gasteiger partial charge in [0.05, 0.1) is 23.8 Å². The summed E-state index contributed by atoms with van der Waals surface area (Å²) in [5.41, 5.74) is 2.52. The molecule has 0 aliphatic rings. The quantitative estimate of drug-likeness (QED) is 0.553. The molecule has 0 radical (unpaired) electrons. The largest absolute Gasteiger partial charge is 0.423 e. The lowest BCUT2D eigenvalue weighted by Gasteiger charge is -2.03. The zero-order chi connectivity index (χ0) is 18.1. The Morgan fingerprint density at radius 3 is 2.50 bits per heavy atom. The molecule has 132 valence electrons. The van der Waals surface area contributed by atoms with Crippen molar-refractivity contribution in [3.8, 4) is 0 Å². The van der Waals surface area contributed by atoms with Crippen LogP contribution in [0.25, 0.3) is 11.0 Å². The van der Waals surface area contributed by atoms with Crippen molar-refractivity contribution in [2.24, 2.45) is 0 Å². The highest BCUT2D eigenvalue weighted by molar-refractivity contribution is 5.75. The summed E-state index contributed by atoms with van der Waals surface area (Å²) >= 11 is 0. The normalized spacial score (nSPS) is 11.5. The van der Waals surface area contributed by atoms with E-state index in [9.17, 15) is 4.79 Å². The van der Waals surface area contributed by atoms with Crippen LogP contribution >= 0.6 is 0 Å². The SMILES string of the molecule is CC(C)c1nnc(Cn2c(=O)n(Cc3ccccc3)c3ccncc32)o1. The Bertz CT molecular complexity index is 1090. The van der Waals surface area contributed by atoms with E-state index in [1.54, 1.807) is 21.5 Å². The molecule has 0 bridgehead atoms. The molecule has 0 atom stereocenters. The van der Waals surface area contributed by atoms with Crippen LogP contribution in [0.3, 0.4) is 0 Å². The second-order valence-corrected chi connectivity index (χ2v) is 6.49. The van der Waals surface area contributed by atoms with Gasteiger partial charge in [-0.15, -0.1) is 10.2 Å². The number of benzene rings is 1. The maximum absolute atomic E-state index is 13.0. The van der Waals surface area contributed by atoms with Gasteiger partial charge in [-0.3, -0.25) is 14.1 Å². The van der Waals surface area contributed by atoms with E-state index in [-0.39, 0.29) is 18.2 Å². The molecule has 0 N–H and O–H groups in total. The number of rotatable bonds is 5. The second kappa shape index (κ2) is 6.59. The third kappa shape index (κ3) is 2.92. The van der Waals surface area contributed by atoms with Crippen molar-refractivity contribution in [2.45, 2.75) is 32.9 Å². The van der Waals surface area contributed by atoms with Crippen LogP contribution in [-0.2, 0) is 13.1 Å². The molecule has 3 aromatic heterocycles. The van der Waals surface area contributed by atoms with Crippen molar-refractivity contribution in [2.75, 3.05) is 0 Å². The third-order valence-electron chi connectivity index (χ3n) is 4.27. The average Bonchev–Trinajstić information content (AvgIpc) is 3.22. The van der Waals surface area contributed by atoms with Gasteiger partial charge in [0.15, 0.2) is 0 Å². The Balaban J connectivity index is 1.77. The summed E-state index contributed by atoms with van der Waals surface area (Å²) in [6.45, 7) is 4.69. The van der Waals surface area contributed by atoms with E-state index in [0.29, 0.717) is 18.3 Å². The van der Waals surface area contributed by atoms with Crippen molar-refractivity contribution in [3.63, 3.8) is 0 Å². The highest BCUT2D eigenvalue weighted by Crippen LogP contribution is 2.16. The van der Waals surface area contributed by atoms with Gasteiger partial charge in [-0.25, -0.2) is 4.79 Å². The minimum absolute atomic E-state index is 0.124. The lowest BCUT2D eigenvalue weighted by molar-refractivity contribution is 0.422. The average molecular weight is 349 g/mol. The predicted octanol–water partition coefficient (Wildman–Crippen LogP) is 2.80. The van der Waals surface area contributed by atoms with Gasteiger partial charge in [-0.1, -0.05) is 44.2 Å². The number of aromatic nitrogens is 5. The topological polar surface area (TPSA) is 78.7 Å². The van der Waals surface area contributed by atoms with Crippen LogP contribution in [0.4, 0.5) is 0 Å². The fourth-order valence-electron chi connectivity index (χ4n) is 2.94. The summed E-state index contributed by atoms with van der Waals surface area (Å²) in [5.74, 6) is 1.13. The standard InChI is InChI=1S/C19H19N5O2/c1-13(2)18-22-21-17(26-18)12-24-16-10-20-9-8-15(16)23(19(24)25)11-14-6-4-3-5-7-14/h3-10,13H,11-12H2,1-2H3. The number of fused-ring (bicyclic) bond motifs is 1. The summed E-state index contributed by atoms with van der Waals surface area (Å²) in [5, 5.41) is 8.11. The molecule has 0 spiro atoms. The van der Waals surface area contributed by atoms with Crippen molar-refractivity contribution in [1.82, 2.24) is 24.3 Å². The molecule has 4 rings (SSSR count). The number of hydrogen-bond acceptors (Lipinski definition) is 5. The Labute approximate surface area is 149 Å². The van der Waals surface area contributed by atoms with Gasteiger partial charge in [-0.2, -0.15) is 0 Å². The predicted molar refractivity (Wildman–Crippen MR) is 97.0 cm³/mol. The zero-order valence-electron chi connectivity index (χ0n) is 14.7. The first-order valence-corrected chi connectivity index (χ1v) is 8.52. The highest BCUT2D eigenvalue weighted by Gasteiger charge is 2.17. The molecule has 0 aliphatic heterocycles. The van der Waals surface area contributed by atoms with Crippen molar-refractivity contribution in [3.05, 3.63) is 76.6 Å². The summed E-state index contributed by atoms with van der Waals surface area (Å²) in [4.78, 5) is 17.2. The molecule has 3 heterocycles. The molecule has 4 aromatic rings. The van der Waals surface area contributed by atoms with Crippen LogP contribution in [0, 0.1) is 0 Å². The zero-order valence-corrected chi connectivity index (χ0v) is 14.7. The van der Waals surface area contributed by atoms with E-state index >= 15 is 0 Å². The van der Waals surface area contributed by atoms with Crippen molar-refractivity contribution >= 4 is 11.0 Å². The Hall–Kier alpha value is -3.22. The van der Waals surface area contributed by atoms with Crippen molar-refractivity contribution in [1.29, 1.82) is 0 Å². The van der Waals surface area contributed by atoms with E-state index in [2.05, 4.69) is 15.2 Å². The third-order valence-corrected chi connectivity index (χ3v) is 4.27. The molecule has 7 heteroatoms. The van der Waals surface area contributed by atoms with Gasteiger partial charge in [0, 0.05) is 12.1 Å². The lowest BCUT2D eigenvalue weighted by Crippen LogP contribution is -2.25. The first-order chi connectivity index (χ1) is 12.6. The summed E-state index contributed by atoms with van der Waals surface area (Å²) in [6, 6.07) is 11.7.